The molecule has 2 aliphatic rings. The van der Waals surface area contributed by atoms with Crippen molar-refractivity contribution in [1.29, 1.82) is 0 Å². The minimum absolute atomic E-state index is 0.0406. The number of anilines is 1. The Kier molecular flexibility index (Phi) is 11.7. The molecule has 5 atom stereocenters. The predicted octanol–water partition coefficient (Wildman–Crippen LogP) is 2.24. The topological polar surface area (TPSA) is 157 Å². The summed E-state index contributed by atoms with van der Waals surface area (Å²) in [7, 11) is 1.55. The summed E-state index contributed by atoms with van der Waals surface area (Å²) in [6, 6.07) is 10.9. The van der Waals surface area contributed by atoms with Crippen molar-refractivity contribution in [3.8, 4) is 0 Å². The largest absolute Gasteiger partial charge is 0.343 e. The first kappa shape index (κ1) is 35.1. The average molecular weight is 647 g/mol. The van der Waals surface area contributed by atoms with Crippen molar-refractivity contribution in [1.82, 2.24) is 25.8 Å². The van der Waals surface area contributed by atoms with Gasteiger partial charge in [0.1, 0.15) is 30.2 Å². The number of para-hydroxylation sites is 1. The summed E-state index contributed by atoms with van der Waals surface area (Å²) < 4.78 is 0. The van der Waals surface area contributed by atoms with E-state index in [4.69, 9.17) is 0 Å². The van der Waals surface area contributed by atoms with Crippen molar-refractivity contribution in [2.24, 2.45) is 5.92 Å². The molecule has 252 valence electrons. The van der Waals surface area contributed by atoms with Gasteiger partial charge in [-0.25, -0.2) is 0 Å². The number of hydrogen-bond acceptors (Lipinski definition) is 6. The number of hydrogen-bond donors (Lipinski definition) is 4. The molecule has 0 bridgehead atoms. The molecule has 0 aromatic heterocycles. The highest BCUT2D eigenvalue weighted by Crippen LogP contribution is 2.26. The van der Waals surface area contributed by atoms with Crippen LogP contribution in [0.5, 0.6) is 0 Å². The second-order valence-electron chi connectivity index (χ2n) is 12.9. The van der Waals surface area contributed by atoms with E-state index in [0.29, 0.717) is 25.8 Å². The van der Waals surface area contributed by atoms with Crippen LogP contribution in [0.1, 0.15) is 69.3 Å². The number of carbonyl (C=O) groups excluding carboxylic acids is 6. The monoisotopic (exact) mass is 646 g/mol. The fourth-order valence-corrected chi connectivity index (χ4v) is 6.00. The third-order valence-electron chi connectivity index (χ3n) is 8.70. The summed E-state index contributed by atoms with van der Waals surface area (Å²) in [6.45, 7) is 7.18. The van der Waals surface area contributed by atoms with Gasteiger partial charge < -0.3 is 31.1 Å². The molecule has 4 rings (SSSR count). The smallest absolute Gasteiger partial charge is 0.256 e. The van der Waals surface area contributed by atoms with Crippen LogP contribution in [0.3, 0.4) is 0 Å². The molecule has 4 N–H and O–H groups in total. The number of likely N-dealkylation sites (N-methyl/N-ethyl adjacent to an activating group) is 1. The molecule has 1 fully saturated rings. The van der Waals surface area contributed by atoms with E-state index >= 15 is 0 Å². The maximum absolute atomic E-state index is 14.1. The zero-order chi connectivity index (χ0) is 34.2. The van der Waals surface area contributed by atoms with Crippen LogP contribution in [0.2, 0.25) is 0 Å². The quantitative estimate of drug-likeness (QED) is 0.399. The number of nitrogens with zero attached hydrogens (tertiary/aromatic N) is 2. The van der Waals surface area contributed by atoms with Gasteiger partial charge in [0, 0.05) is 20.0 Å². The van der Waals surface area contributed by atoms with Crippen LogP contribution < -0.4 is 21.3 Å². The molecular formula is C35H46N6O6. The van der Waals surface area contributed by atoms with Crippen molar-refractivity contribution in [3.63, 3.8) is 0 Å². The number of nitrogens with one attached hydrogen (secondary N) is 4. The Morgan fingerprint density at radius 3 is 2.06 bits per heavy atom. The lowest BCUT2D eigenvalue weighted by molar-refractivity contribution is -0.144. The molecule has 12 heteroatoms. The van der Waals surface area contributed by atoms with Crippen molar-refractivity contribution in [3.05, 3.63) is 65.7 Å². The molecule has 12 nitrogen and oxygen atoms in total. The van der Waals surface area contributed by atoms with E-state index in [-0.39, 0.29) is 29.5 Å². The molecule has 47 heavy (non-hydrogen) atoms. The van der Waals surface area contributed by atoms with Gasteiger partial charge in [-0.15, -0.1) is 0 Å². The van der Waals surface area contributed by atoms with Gasteiger partial charge in [0.05, 0.1) is 11.3 Å². The van der Waals surface area contributed by atoms with Crippen molar-refractivity contribution in [2.45, 2.75) is 90.0 Å². The van der Waals surface area contributed by atoms with Gasteiger partial charge in [0.2, 0.25) is 29.5 Å². The molecule has 2 aromatic rings. The molecule has 2 aromatic carbocycles. The molecule has 2 heterocycles. The summed E-state index contributed by atoms with van der Waals surface area (Å²) in [5.74, 6) is -3.02. The Balaban J connectivity index is 1.75. The Bertz CT molecular complexity index is 1480. The number of carbonyl (C=O) groups is 6. The second kappa shape index (κ2) is 15.7. The highest BCUT2D eigenvalue weighted by Gasteiger charge is 2.39. The highest BCUT2D eigenvalue weighted by atomic mass is 16.2. The molecular weight excluding hydrogens is 600 g/mol. The first-order valence-electron chi connectivity index (χ1n) is 16.3. The average Bonchev–Trinajstić information content (AvgIpc) is 3.05. The summed E-state index contributed by atoms with van der Waals surface area (Å²) in [6.07, 6.45) is 2.32. The molecule has 0 spiro atoms. The highest BCUT2D eigenvalue weighted by molar-refractivity contribution is 6.07. The van der Waals surface area contributed by atoms with Gasteiger partial charge in [-0.1, -0.05) is 56.3 Å². The maximum Gasteiger partial charge on any atom is 0.256 e. The summed E-state index contributed by atoms with van der Waals surface area (Å²) in [5.41, 5.74) is 1.24. The lowest BCUT2D eigenvalue weighted by atomic mass is 9.96. The van der Waals surface area contributed by atoms with Gasteiger partial charge in [0.15, 0.2) is 0 Å². The third kappa shape index (κ3) is 8.75. The Morgan fingerprint density at radius 2 is 1.38 bits per heavy atom. The van der Waals surface area contributed by atoms with Gasteiger partial charge in [0.25, 0.3) is 5.91 Å². The first-order chi connectivity index (χ1) is 22.4. The van der Waals surface area contributed by atoms with Gasteiger partial charge in [-0.05, 0) is 63.1 Å². The van der Waals surface area contributed by atoms with Crippen LogP contribution in [0, 0.1) is 5.92 Å². The summed E-state index contributed by atoms with van der Waals surface area (Å²) in [5, 5.41) is 10.9. The Hall–Kier alpha value is -4.74. The van der Waals surface area contributed by atoms with E-state index in [1.54, 1.807) is 31.3 Å². The van der Waals surface area contributed by atoms with Crippen molar-refractivity contribution in [2.75, 3.05) is 18.9 Å². The molecule has 0 aliphatic carbocycles. The lowest BCUT2D eigenvalue weighted by Gasteiger charge is -2.39. The number of fused-ring (bicyclic) bond motifs is 2. The van der Waals surface area contributed by atoms with Gasteiger partial charge >= 0.3 is 0 Å². The minimum atomic E-state index is -1.05. The number of rotatable bonds is 4. The fraction of sp³-hybridized carbons (Fsp3) is 0.486. The van der Waals surface area contributed by atoms with Gasteiger partial charge in [-0.3, -0.25) is 28.8 Å². The number of piperidine rings is 1. The maximum atomic E-state index is 14.1. The van der Waals surface area contributed by atoms with E-state index < -0.39 is 59.7 Å². The van der Waals surface area contributed by atoms with Gasteiger partial charge in [-0.2, -0.15) is 0 Å². The molecule has 0 saturated carbocycles. The van der Waals surface area contributed by atoms with Crippen LogP contribution in [0.15, 0.2) is 54.6 Å². The van der Waals surface area contributed by atoms with E-state index in [9.17, 15) is 28.8 Å². The van der Waals surface area contributed by atoms with E-state index in [1.807, 2.05) is 44.2 Å². The molecule has 1 saturated heterocycles. The Morgan fingerprint density at radius 1 is 0.766 bits per heavy atom. The summed E-state index contributed by atoms with van der Waals surface area (Å²) in [4.78, 5) is 84.9. The van der Waals surface area contributed by atoms with E-state index in [1.165, 1.54) is 23.6 Å². The normalized spacial score (nSPS) is 25.4. The van der Waals surface area contributed by atoms with Crippen LogP contribution in [0.25, 0.3) is 0 Å². The van der Waals surface area contributed by atoms with E-state index in [2.05, 4.69) is 21.3 Å². The van der Waals surface area contributed by atoms with Crippen LogP contribution >= 0.6 is 0 Å². The zero-order valence-corrected chi connectivity index (χ0v) is 27.7. The molecule has 2 aliphatic heterocycles. The molecule has 2 unspecified atom stereocenters. The number of benzene rings is 2. The molecule has 0 radical (unpaired) electrons. The fourth-order valence-electron chi connectivity index (χ4n) is 6.00. The van der Waals surface area contributed by atoms with Crippen molar-refractivity contribution < 1.29 is 28.8 Å². The first-order valence-corrected chi connectivity index (χ1v) is 16.3. The zero-order valence-electron chi connectivity index (χ0n) is 27.7. The summed E-state index contributed by atoms with van der Waals surface area (Å²) >= 11 is 0. The Labute approximate surface area is 276 Å². The van der Waals surface area contributed by atoms with Crippen LogP contribution in [0.4, 0.5) is 5.69 Å². The van der Waals surface area contributed by atoms with Crippen LogP contribution in [-0.4, -0.2) is 89.0 Å². The lowest BCUT2D eigenvalue weighted by Crippen LogP contribution is -2.59. The van der Waals surface area contributed by atoms with Crippen LogP contribution in [-0.2, 0) is 30.4 Å². The SMILES string of the molecule is CC(C)CC1C(=O)N[C@H](C)C(=O)N[C@@H](C)C(=O)NC(Cc2ccccc2)C(=O)Nc2ccccc2C(=O)N2CCCC[C@H]2C(=O)N1C. The number of amides is 6. The predicted molar refractivity (Wildman–Crippen MR) is 177 cm³/mol. The second-order valence-corrected chi connectivity index (χ2v) is 12.9. The third-order valence-corrected chi connectivity index (χ3v) is 8.70. The van der Waals surface area contributed by atoms with Crippen molar-refractivity contribution >= 4 is 41.1 Å². The minimum Gasteiger partial charge on any atom is -0.343 e. The van der Waals surface area contributed by atoms with E-state index in [0.717, 1.165) is 12.0 Å². The molecule has 6 amide bonds. The standard InChI is InChI=1S/C35H46N6O6/c1-21(2)19-29-33(45)37-22(3)30(42)36-23(4)31(43)39-27(20-24-13-7-6-8-14-24)32(44)38-26-16-10-9-15-25(26)34(46)41-18-12-11-17-28(41)35(47)40(29)5/h6-10,13-16,21-23,27-29H,11-12,17-20H2,1-5H3,(H,36,42)(H,37,45)(H,38,44)(H,39,43)/t22-,23+,27?,28+,29?/m1/s1.